The summed E-state index contributed by atoms with van der Waals surface area (Å²) >= 11 is 0. The van der Waals surface area contributed by atoms with Gasteiger partial charge in [-0.05, 0) is 19.2 Å². The maximum absolute atomic E-state index is 12.1. The first kappa shape index (κ1) is 13.7. The molecule has 1 rings (SSSR count). The average molecular weight is 239 g/mol. The van der Waals surface area contributed by atoms with Crippen LogP contribution < -0.4 is 5.32 Å². The number of rotatable bonds is 7. The lowest BCUT2D eigenvalue weighted by Gasteiger charge is -2.18. The molecule has 0 unspecified atom stereocenters. The van der Waals surface area contributed by atoms with Crippen LogP contribution >= 0.6 is 0 Å². The normalized spacial score (nSPS) is 10.5. The summed E-state index contributed by atoms with van der Waals surface area (Å²) in [5, 5.41) is 3.03. The predicted octanol–water partition coefficient (Wildman–Crippen LogP) is 0.426. The lowest BCUT2D eigenvalue weighted by Crippen LogP contribution is -2.34. The lowest BCUT2D eigenvalue weighted by molar-refractivity contribution is 0.0783. The SMILES string of the molecule is CNCCN(C)C(=O)c1cccn1CCOC. The number of amides is 1. The maximum Gasteiger partial charge on any atom is 0.270 e. The molecule has 1 aromatic rings. The van der Waals surface area contributed by atoms with Crippen LogP contribution in [-0.2, 0) is 11.3 Å². The van der Waals surface area contributed by atoms with Gasteiger partial charge in [0.05, 0.1) is 6.61 Å². The van der Waals surface area contributed by atoms with E-state index in [0.29, 0.717) is 25.4 Å². The second-order valence-corrected chi connectivity index (χ2v) is 3.91. The number of hydrogen-bond acceptors (Lipinski definition) is 3. The Kier molecular flexibility index (Phi) is 5.72. The molecule has 1 heterocycles. The molecule has 0 saturated heterocycles. The first-order valence-electron chi connectivity index (χ1n) is 5.75. The Morgan fingerprint density at radius 3 is 3.00 bits per heavy atom. The zero-order chi connectivity index (χ0) is 12.7. The molecule has 17 heavy (non-hydrogen) atoms. The van der Waals surface area contributed by atoms with Crippen molar-refractivity contribution in [3.8, 4) is 0 Å². The fourth-order valence-electron chi connectivity index (χ4n) is 1.57. The minimum atomic E-state index is 0.0429. The molecule has 0 saturated carbocycles. The molecule has 0 atom stereocenters. The highest BCUT2D eigenvalue weighted by Gasteiger charge is 2.14. The Balaban J connectivity index is 2.64. The van der Waals surface area contributed by atoms with Crippen molar-refractivity contribution in [1.82, 2.24) is 14.8 Å². The molecule has 0 aliphatic carbocycles. The molecule has 5 nitrogen and oxygen atoms in total. The van der Waals surface area contributed by atoms with Gasteiger partial charge in [0.25, 0.3) is 5.91 Å². The van der Waals surface area contributed by atoms with Gasteiger partial charge >= 0.3 is 0 Å². The summed E-state index contributed by atoms with van der Waals surface area (Å²) in [5.74, 6) is 0.0429. The molecule has 96 valence electrons. The molecule has 1 amide bonds. The van der Waals surface area contributed by atoms with Gasteiger partial charge in [-0.15, -0.1) is 0 Å². The van der Waals surface area contributed by atoms with E-state index < -0.39 is 0 Å². The highest BCUT2D eigenvalue weighted by molar-refractivity contribution is 5.92. The Morgan fingerprint density at radius 1 is 1.59 bits per heavy atom. The van der Waals surface area contributed by atoms with Crippen LogP contribution in [0.15, 0.2) is 18.3 Å². The Labute approximate surface area is 102 Å². The Bertz CT molecular complexity index is 349. The van der Waals surface area contributed by atoms with Gasteiger partial charge in [-0.3, -0.25) is 4.79 Å². The summed E-state index contributed by atoms with van der Waals surface area (Å²) in [6.07, 6.45) is 1.90. The van der Waals surface area contributed by atoms with Crippen LogP contribution in [0.3, 0.4) is 0 Å². The molecule has 0 radical (unpaired) electrons. The number of aromatic nitrogens is 1. The van der Waals surface area contributed by atoms with E-state index in [4.69, 9.17) is 4.74 Å². The second kappa shape index (κ2) is 7.09. The number of carbonyl (C=O) groups excluding carboxylic acids is 1. The van der Waals surface area contributed by atoms with E-state index in [1.165, 1.54) is 0 Å². The average Bonchev–Trinajstić information content (AvgIpc) is 2.80. The number of methoxy groups -OCH3 is 1. The molecule has 0 fully saturated rings. The van der Waals surface area contributed by atoms with Gasteiger partial charge in [0.1, 0.15) is 5.69 Å². The van der Waals surface area contributed by atoms with Crippen LogP contribution in [0, 0.1) is 0 Å². The number of nitrogens with one attached hydrogen (secondary N) is 1. The summed E-state index contributed by atoms with van der Waals surface area (Å²) in [4.78, 5) is 13.8. The Hall–Kier alpha value is -1.33. The largest absolute Gasteiger partial charge is 0.383 e. The standard InChI is InChI=1S/C12H21N3O2/c1-13-6-8-14(2)12(16)11-5-4-7-15(11)9-10-17-3/h4-5,7,13H,6,8-10H2,1-3H3. The van der Waals surface area contributed by atoms with Crippen LogP contribution in [0.1, 0.15) is 10.5 Å². The van der Waals surface area contributed by atoms with Crippen LogP contribution in [0.2, 0.25) is 0 Å². The third-order valence-electron chi connectivity index (χ3n) is 2.63. The van der Waals surface area contributed by atoms with Crippen LogP contribution in [0.5, 0.6) is 0 Å². The number of likely N-dealkylation sites (N-methyl/N-ethyl adjacent to an activating group) is 2. The smallest absolute Gasteiger partial charge is 0.270 e. The summed E-state index contributed by atoms with van der Waals surface area (Å²) in [5.41, 5.74) is 0.709. The maximum atomic E-state index is 12.1. The van der Waals surface area contributed by atoms with Crippen molar-refractivity contribution in [3.63, 3.8) is 0 Å². The first-order valence-corrected chi connectivity index (χ1v) is 5.75. The van der Waals surface area contributed by atoms with Gasteiger partial charge in [0.2, 0.25) is 0 Å². The van der Waals surface area contributed by atoms with E-state index in [9.17, 15) is 4.79 Å². The molecule has 0 spiro atoms. The zero-order valence-electron chi connectivity index (χ0n) is 10.8. The minimum absolute atomic E-state index is 0.0429. The molecular formula is C12H21N3O2. The quantitative estimate of drug-likeness (QED) is 0.750. The fraction of sp³-hybridized carbons (Fsp3) is 0.583. The lowest BCUT2D eigenvalue weighted by atomic mass is 10.3. The van der Waals surface area contributed by atoms with Gasteiger partial charge in [-0.1, -0.05) is 0 Å². The Morgan fingerprint density at radius 2 is 2.35 bits per heavy atom. The molecule has 1 aromatic heterocycles. The highest BCUT2D eigenvalue weighted by atomic mass is 16.5. The van der Waals surface area contributed by atoms with Crippen molar-refractivity contribution in [2.24, 2.45) is 0 Å². The first-order chi connectivity index (χ1) is 8.20. The van der Waals surface area contributed by atoms with E-state index in [1.807, 2.05) is 37.0 Å². The summed E-state index contributed by atoms with van der Waals surface area (Å²) < 4.78 is 6.94. The van der Waals surface area contributed by atoms with E-state index in [-0.39, 0.29) is 5.91 Å². The van der Waals surface area contributed by atoms with Crippen molar-refractivity contribution in [1.29, 1.82) is 0 Å². The topological polar surface area (TPSA) is 46.5 Å². The van der Waals surface area contributed by atoms with Crippen molar-refractivity contribution in [2.45, 2.75) is 6.54 Å². The number of nitrogens with zero attached hydrogens (tertiary/aromatic N) is 2. The number of hydrogen-bond donors (Lipinski definition) is 1. The molecular weight excluding hydrogens is 218 g/mol. The predicted molar refractivity (Wildman–Crippen MR) is 67.2 cm³/mol. The third-order valence-corrected chi connectivity index (χ3v) is 2.63. The van der Waals surface area contributed by atoms with E-state index in [0.717, 1.165) is 6.54 Å². The molecule has 1 N–H and O–H groups in total. The van der Waals surface area contributed by atoms with Crippen molar-refractivity contribution in [3.05, 3.63) is 24.0 Å². The molecule has 0 aliphatic heterocycles. The molecule has 0 bridgehead atoms. The molecule has 5 heteroatoms. The zero-order valence-corrected chi connectivity index (χ0v) is 10.8. The van der Waals surface area contributed by atoms with Gasteiger partial charge in [-0.2, -0.15) is 0 Å². The van der Waals surface area contributed by atoms with Crippen LogP contribution in [0.25, 0.3) is 0 Å². The van der Waals surface area contributed by atoms with Crippen molar-refractivity contribution in [2.75, 3.05) is 40.9 Å². The number of carbonyl (C=O) groups is 1. The molecule has 0 aromatic carbocycles. The summed E-state index contributed by atoms with van der Waals surface area (Å²) in [7, 11) is 5.34. The van der Waals surface area contributed by atoms with Crippen LogP contribution in [-0.4, -0.2) is 56.3 Å². The van der Waals surface area contributed by atoms with Crippen LogP contribution in [0.4, 0.5) is 0 Å². The van der Waals surface area contributed by atoms with E-state index >= 15 is 0 Å². The summed E-state index contributed by atoms with van der Waals surface area (Å²) in [6.45, 7) is 2.80. The van der Waals surface area contributed by atoms with Gasteiger partial charge in [0.15, 0.2) is 0 Å². The van der Waals surface area contributed by atoms with Crippen molar-refractivity contribution < 1.29 is 9.53 Å². The van der Waals surface area contributed by atoms with Gasteiger partial charge in [-0.25, -0.2) is 0 Å². The van der Waals surface area contributed by atoms with Gasteiger partial charge in [0, 0.05) is 40.0 Å². The highest BCUT2D eigenvalue weighted by Crippen LogP contribution is 2.05. The van der Waals surface area contributed by atoms with E-state index in [2.05, 4.69) is 5.32 Å². The molecule has 0 aliphatic rings. The van der Waals surface area contributed by atoms with Crippen molar-refractivity contribution >= 4 is 5.91 Å². The monoisotopic (exact) mass is 239 g/mol. The third kappa shape index (κ3) is 3.87. The van der Waals surface area contributed by atoms with E-state index in [1.54, 1.807) is 12.0 Å². The fourth-order valence-corrected chi connectivity index (χ4v) is 1.57. The second-order valence-electron chi connectivity index (χ2n) is 3.91. The van der Waals surface area contributed by atoms with Gasteiger partial charge < -0.3 is 19.5 Å². The number of ether oxygens (including phenoxy) is 1. The minimum Gasteiger partial charge on any atom is -0.383 e. The summed E-state index contributed by atoms with van der Waals surface area (Å²) in [6, 6.07) is 3.72.